The second-order valence-electron chi connectivity index (χ2n) is 3.97. The number of aromatic nitrogens is 1. The van der Waals surface area contributed by atoms with Gasteiger partial charge in [-0.05, 0) is 42.8 Å². The minimum absolute atomic E-state index is 0.256. The number of halogens is 1. The van der Waals surface area contributed by atoms with E-state index in [2.05, 4.69) is 10.3 Å². The number of carbonyl (C=O) groups excluding carboxylic acids is 1. The van der Waals surface area contributed by atoms with Crippen LogP contribution < -0.4 is 5.32 Å². The first-order valence-corrected chi connectivity index (χ1v) is 5.91. The highest BCUT2D eigenvalue weighted by Crippen LogP contribution is 2.16. The van der Waals surface area contributed by atoms with Gasteiger partial charge in [0.05, 0.1) is 23.5 Å². The van der Waals surface area contributed by atoms with E-state index in [9.17, 15) is 4.79 Å². The zero-order chi connectivity index (χ0) is 13.8. The number of anilines is 1. The molecular weight excluding hydrogens is 262 g/mol. The van der Waals surface area contributed by atoms with Crippen molar-refractivity contribution in [2.75, 3.05) is 5.32 Å². The summed E-state index contributed by atoms with van der Waals surface area (Å²) >= 11 is 5.81. The fourth-order valence-electron chi connectivity index (χ4n) is 1.53. The average molecular weight is 272 g/mol. The highest BCUT2D eigenvalue weighted by Gasteiger charge is 2.07. The minimum atomic E-state index is -0.256. The normalized spacial score (nSPS) is 9.74. The number of hydrogen-bond donors (Lipinski definition) is 1. The predicted octanol–water partition coefficient (Wildman–Crippen LogP) is 3.17. The molecule has 0 spiro atoms. The third-order valence-corrected chi connectivity index (χ3v) is 2.94. The van der Waals surface area contributed by atoms with Gasteiger partial charge in [-0.15, -0.1) is 0 Å². The summed E-state index contributed by atoms with van der Waals surface area (Å²) in [5.74, 6) is -0.256. The molecule has 1 aromatic carbocycles. The minimum Gasteiger partial charge on any atom is -0.321 e. The molecule has 94 valence electrons. The van der Waals surface area contributed by atoms with E-state index in [0.717, 1.165) is 5.56 Å². The van der Waals surface area contributed by atoms with Gasteiger partial charge in [0.1, 0.15) is 5.15 Å². The first-order valence-electron chi connectivity index (χ1n) is 5.54. The zero-order valence-electron chi connectivity index (χ0n) is 10.1. The average Bonchev–Trinajstić information content (AvgIpc) is 2.43. The maximum Gasteiger partial charge on any atom is 0.255 e. The number of nitriles is 1. The standard InChI is InChI=1S/C14H10ClN3O/c1-9-6-12(8-17-13(9)15)18-14(19)11-4-2-10(7-16)3-5-11/h2-6,8H,1H3,(H,18,19). The Bertz CT molecular complexity index is 659. The molecule has 2 rings (SSSR count). The molecule has 0 atom stereocenters. The Kier molecular flexibility index (Phi) is 3.79. The molecule has 0 aliphatic carbocycles. The number of hydrogen-bond acceptors (Lipinski definition) is 3. The molecule has 1 heterocycles. The monoisotopic (exact) mass is 271 g/mol. The van der Waals surface area contributed by atoms with Gasteiger partial charge in [0.25, 0.3) is 5.91 Å². The van der Waals surface area contributed by atoms with Crippen molar-refractivity contribution in [2.24, 2.45) is 0 Å². The molecule has 0 fully saturated rings. The van der Waals surface area contributed by atoms with Gasteiger partial charge in [0, 0.05) is 5.56 Å². The molecular formula is C14H10ClN3O. The van der Waals surface area contributed by atoms with Gasteiger partial charge in [0.2, 0.25) is 0 Å². The Labute approximate surface area is 115 Å². The van der Waals surface area contributed by atoms with E-state index >= 15 is 0 Å². The molecule has 0 saturated carbocycles. The van der Waals surface area contributed by atoms with Crippen LogP contribution in [0.5, 0.6) is 0 Å². The van der Waals surface area contributed by atoms with Crippen LogP contribution in [-0.4, -0.2) is 10.9 Å². The van der Waals surface area contributed by atoms with Crippen LogP contribution in [-0.2, 0) is 0 Å². The van der Waals surface area contributed by atoms with Gasteiger partial charge >= 0.3 is 0 Å². The number of aryl methyl sites for hydroxylation is 1. The van der Waals surface area contributed by atoms with Crippen molar-refractivity contribution in [2.45, 2.75) is 6.92 Å². The molecule has 0 unspecified atom stereocenters. The van der Waals surface area contributed by atoms with Gasteiger partial charge in [0.15, 0.2) is 0 Å². The van der Waals surface area contributed by atoms with Gasteiger partial charge in [-0.3, -0.25) is 4.79 Å². The molecule has 0 saturated heterocycles. The summed E-state index contributed by atoms with van der Waals surface area (Å²) in [5, 5.41) is 11.8. The van der Waals surface area contributed by atoms with E-state index in [0.29, 0.717) is 22.0 Å². The van der Waals surface area contributed by atoms with Crippen molar-refractivity contribution in [1.29, 1.82) is 5.26 Å². The summed E-state index contributed by atoms with van der Waals surface area (Å²) in [7, 11) is 0. The topological polar surface area (TPSA) is 65.8 Å². The maximum absolute atomic E-state index is 12.0. The largest absolute Gasteiger partial charge is 0.321 e. The van der Waals surface area contributed by atoms with Gasteiger partial charge < -0.3 is 5.32 Å². The Balaban J connectivity index is 2.16. The third-order valence-electron chi connectivity index (χ3n) is 2.55. The van der Waals surface area contributed by atoms with Crippen LogP contribution in [0.15, 0.2) is 36.5 Å². The Hall–Kier alpha value is -2.38. The summed E-state index contributed by atoms with van der Waals surface area (Å²) in [6.07, 6.45) is 1.50. The third kappa shape index (κ3) is 3.09. The van der Waals surface area contributed by atoms with Crippen LogP contribution >= 0.6 is 11.6 Å². The molecule has 4 nitrogen and oxygen atoms in total. The lowest BCUT2D eigenvalue weighted by atomic mass is 10.1. The highest BCUT2D eigenvalue weighted by molar-refractivity contribution is 6.30. The SMILES string of the molecule is Cc1cc(NC(=O)c2ccc(C#N)cc2)cnc1Cl. The lowest BCUT2D eigenvalue weighted by Gasteiger charge is -2.06. The summed E-state index contributed by atoms with van der Waals surface area (Å²) in [4.78, 5) is 15.9. The molecule has 0 bridgehead atoms. The number of pyridine rings is 1. The van der Waals surface area contributed by atoms with E-state index in [-0.39, 0.29) is 5.91 Å². The summed E-state index contributed by atoms with van der Waals surface area (Å²) in [5.41, 5.74) is 2.36. The molecule has 0 radical (unpaired) electrons. The number of nitrogens with one attached hydrogen (secondary N) is 1. The van der Waals surface area contributed by atoms with Crippen molar-refractivity contribution < 1.29 is 4.79 Å². The lowest BCUT2D eigenvalue weighted by Crippen LogP contribution is -2.12. The van der Waals surface area contributed by atoms with Crippen LogP contribution in [0, 0.1) is 18.3 Å². The summed E-state index contributed by atoms with van der Waals surface area (Å²) in [6.45, 7) is 1.81. The fraction of sp³-hybridized carbons (Fsp3) is 0.0714. The quantitative estimate of drug-likeness (QED) is 0.853. The number of amides is 1. The van der Waals surface area contributed by atoms with Crippen molar-refractivity contribution in [1.82, 2.24) is 4.98 Å². The lowest BCUT2D eigenvalue weighted by molar-refractivity contribution is 0.102. The predicted molar refractivity (Wildman–Crippen MR) is 73.1 cm³/mol. The van der Waals surface area contributed by atoms with Crippen molar-refractivity contribution in [3.8, 4) is 6.07 Å². The van der Waals surface area contributed by atoms with Crippen molar-refractivity contribution in [3.63, 3.8) is 0 Å². The number of rotatable bonds is 2. The number of carbonyl (C=O) groups is 1. The van der Waals surface area contributed by atoms with Gasteiger partial charge in [-0.1, -0.05) is 11.6 Å². The smallest absolute Gasteiger partial charge is 0.255 e. The van der Waals surface area contributed by atoms with Crippen LogP contribution in [0.4, 0.5) is 5.69 Å². The van der Waals surface area contributed by atoms with Crippen LogP contribution in [0.3, 0.4) is 0 Å². The molecule has 0 aliphatic rings. The van der Waals surface area contributed by atoms with Crippen molar-refractivity contribution in [3.05, 3.63) is 58.4 Å². The molecule has 19 heavy (non-hydrogen) atoms. The zero-order valence-corrected chi connectivity index (χ0v) is 10.9. The maximum atomic E-state index is 12.0. The van der Waals surface area contributed by atoms with E-state index in [1.165, 1.54) is 6.20 Å². The van der Waals surface area contributed by atoms with Crippen molar-refractivity contribution >= 4 is 23.2 Å². The van der Waals surface area contributed by atoms with Crippen LogP contribution in [0.25, 0.3) is 0 Å². The van der Waals surface area contributed by atoms with Crippen LogP contribution in [0.1, 0.15) is 21.5 Å². The Morgan fingerprint density at radius 3 is 2.63 bits per heavy atom. The number of nitrogens with zero attached hydrogens (tertiary/aromatic N) is 2. The van der Waals surface area contributed by atoms with Crippen LogP contribution in [0.2, 0.25) is 5.15 Å². The first kappa shape index (κ1) is 13.1. The Morgan fingerprint density at radius 2 is 2.05 bits per heavy atom. The second kappa shape index (κ2) is 5.51. The molecule has 1 aromatic heterocycles. The number of benzene rings is 1. The Morgan fingerprint density at radius 1 is 1.37 bits per heavy atom. The molecule has 5 heteroatoms. The molecule has 1 amide bonds. The van der Waals surface area contributed by atoms with E-state index in [1.807, 2.05) is 13.0 Å². The highest BCUT2D eigenvalue weighted by atomic mass is 35.5. The van der Waals surface area contributed by atoms with E-state index in [4.69, 9.17) is 16.9 Å². The van der Waals surface area contributed by atoms with E-state index < -0.39 is 0 Å². The second-order valence-corrected chi connectivity index (χ2v) is 4.33. The molecule has 1 N–H and O–H groups in total. The van der Waals surface area contributed by atoms with E-state index in [1.54, 1.807) is 30.3 Å². The summed E-state index contributed by atoms with van der Waals surface area (Å²) < 4.78 is 0. The summed E-state index contributed by atoms with van der Waals surface area (Å²) in [6, 6.07) is 10.1. The van der Waals surface area contributed by atoms with Gasteiger partial charge in [-0.25, -0.2) is 4.98 Å². The van der Waals surface area contributed by atoms with Gasteiger partial charge in [-0.2, -0.15) is 5.26 Å². The first-order chi connectivity index (χ1) is 9.10. The fourth-order valence-corrected chi connectivity index (χ4v) is 1.63. The molecule has 0 aliphatic heterocycles. The molecule has 2 aromatic rings.